The molecule has 30 heavy (non-hydrogen) atoms. The molecule has 1 saturated heterocycles. The zero-order valence-electron chi connectivity index (χ0n) is 17.8. The molecule has 0 unspecified atom stereocenters. The molecule has 7 nitrogen and oxygen atoms in total. The largest absolute Gasteiger partial charge is 0.511 e. The van der Waals surface area contributed by atoms with Crippen LogP contribution in [0.4, 0.5) is 18.9 Å². The smallest absolute Gasteiger partial charge is 0.377 e. The molecule has 1 aliphatic heterocycles. The number of hydrogen-bond donors (Lipinski definition) is 2. The molecule has 1 aromatic carbocycles. The molecular formula is C19H30F3N5O2S. The summed E-state index contributed by atoms with van der Waals surface area (Å²) in [7, 11) is -1.34. The Labute approximate surface area is 176 Å². The third-order valence-electron chi connectivity index (χ3n) is 4.90. The van der Waals surface area contributed by atoms with Gasteiger partial charge in [-0.05, 0) is 43.9 Å². The Kier molecular flexibility index (Phi) is 7.98. The quantitative estimate of drug-likeness (QED) is 0.515. The summed E-state index contributed by atoms with van der Waals surface area (Å²) in [5, 5.41) is 6.36. The van der Waals surface area contributed by atoms with Crippen LogP contribution >= 0.6 is 0 Å². The molecule has 2 rings (SSSR count). The fraction of sp³-hybridized carbons (Fsp3) is 0.632. The fourth-order valence-electron chi connectivity index (χ4n) is 3.29. The van der Waals surface area contributed by atoms with Gasteiger partial charge in [-0.15, -0.1) is 0 Å². The van der Waals surface area contributed by atoms with E-state index in [9.17, 15) is 21.6 Å². The van der Waals surface area contributed by atoms with Gasteiger partial charge in [0.15, 0.2) is 5.96 Å². The molecule has 1 aliphatic rings. The van der Waals surface area contributed by atoms with Crippen LogP contribution in [-0.4, -0.2) is 64.0 Å². The van der Waals surface area contributed by atoms with Crippen molar-refractivity contribution in [3.63, 3.8) is 0 Å². The molecule has 0 radical (unpaired) electrons. The van der Waals surface area contributed by atoms with Gasteiger partial charge in [0.05, 0.1) is 6.54 Å². The van der Waals surface area contributed by atoms with E-state index in [4.69, 9.17) is 0 Å². The van der Waals surface area contributed by atoms with E-state index in [-0.39, 0.29) is 32.0 Å². The maximum atomic E-state index is 12.7. The first-order valence-electron chi connectivity index (χ1n) is 9.83. The van der Waals surface area contributed by atoms with Gasteiger partial charge in [-0.1, -0.05) is 12.1 Å². The minimum Gasteiger partial charge on any atom is -0.377 e. The summed E-state index contributed by atoms with van der Waals surface area (Å²) in [5.41, 5.74) is -1.99. The highest BCUT2D eigenvalue weighted by Crippen LogP contribution is 2.29. The Morgan fingerprint density at radius 2 is 1.90 bits per heavy atom. The summed E-state index contributed by atoms with van der Waals surface area (Å²) in [6.07, 6.45) is 0.542. The molecule has 0 spiro atoms. The van der Waals surface area contributed by atoms with Crippen LogP contribution in [0.1, 0.15) is 30.9 Å². The number of rotatable bonds is 6. The SMILES string of the molecule is CCNC(=NCc1ccc(C)cc1N(C)C)NC1CCN(S(=O)(=O)C(F)(F)F)CC1. The predicted molar refractivity (Wildman–Crippen MR) is 113 cm³/mol. The van der Waals surface area contributed by atoms with E-state index >= 15 is 0 Å². The number of hydrogen-bond acceptors (Lipinski definition) is 4. The zero-order valence-corrected chi connectivity index (χ0v) is 18.6. The number of halogens is 3. The number of alkyl halides is 3. The minimum atomic E-state index is -5.27. The molecular weight excluding hydrogens is 419 g/mol. The van der Waals surface area contributed by atoms with E-state index in [1.165, 1.54) is 0 Å². The fourth-order valence-corrected chi connectivity index (χ4v) is 4.27. The van der Waals surface area contributed by atoms with E-state index < -0.39 is 15.5 Å². The molecule has 0 saturated carbocycles. The summed E-state index contributed by atoms with van der Waals surface area (Å²) in [5.74, 6) is 0.555. The van der Waals surface area contributed by atoms with Crippen LogP contribution in [0.5, 0.6) is 0 Å². The lowest BCUT2D eigenvalue weighted by Gasteiger charge is -2.32. The van der Waals surface area contributed by atoms with E-state index in [1.807, 2.05) is 45.0 Å². The van der Waals surface area contributed by atoms with Crippen molar-refractivity contribution in [2.75, 3.05) is 38.6 Å². The molecule has 2 N–H and O–H groups in total. The van der Waals surface area contributed by atoms with Crippen LogP contribution in [-0.2, 0) is 16.6 Å². The van der Waals surface area contributed by atoms with Crippen LogP contribution in [0.15, 0.2) is 23.2 Å². The normalized spacial score (nSPS) is 17.1. The third-order valence-corrected chi connectivity index (χ3v) is 6.53. The maximum absolute atomic E-state index is 12.7. The van der Waals surface area contributed by atoms with Gasteiger partial charge in [-0.2, -0.15) is 17.5 Å². The number of nitrogens with one attached hydrogen (secondary N) is 2. The summed E-state index contributed by atoms with van der Waals surface area (Å²) in [6, 6.07) is 5.98. The lowest BCUT2D eigenvalue weighted by molar-refractivity contribution is -0.0494. The van der Waals surface area contributed by atoms with Crippen molar-refractivity contribution in [3.05, 3.63) is 29.3 Å². The molecule has 0 amide bonds. The van der Waals surface area contributed by atoms with Gasteiger partial charge in [0.25, 0.3) is 0 Å². The molecule has 0 bridgehead atoms. The highest BCUT2D eigenvalue weighted by molar-refractivity contribution is 7.90. The Morgan fingerprint density at radius 1 is 1.27 bits per heavy atom. The number of aliphatic imine (C=N–C) groups is 1. The van der Waals surface area contributed by atoms with Gasteiger partial charge in [0.1, 0.15) is 0 Å². The first-order valence-corrected chi connectivity index (χ1v) is 11.3. The number of piperidine rings is 1. The Bertz CT molecular complexity index is 848. The second-order valence-corrected chi connectivity index (χ2v) is 9.42. The number of benzene rings is 1. The van der Waals surface area contributed by atoms with Crippen LogP contribution in [0, 0.1) is 6.92 Å². The Morgan fingerprint density at radius 3 is 2.43 bits per heavy atom. The van der Waals surface area contributed by atoms with Gasteiger partial charge in [-0.25, -0.2) is 13.4 Å². The predicted octanol–water partition coefficient (Wildman–Crippen LogP) is 2.43. The average molecular weight is 450 g/mol. The minimum absolute atomic E-state index is 0.158. The summed E-state index contributed by atoms with van der Waals surface area (Å²) < 4.78 is 61.8. The van der Waals surface area contributed by atoms with E-state index in [0.29, 0.717) is 23.4 Å². The van der Waals surface area contributed by atoms with Crippen molar-refractivity contribution in [1.29, 1.82) is 0 Å². The molecule has 0 atom stereocenters. The van der Waals surface area contributed by atoms with Crippen molar-refractivity contribution < 1.29 is 21.6 Å². The molecule has 0 aromatic heterocycles. The molecule has 1 aromatic rings. The van der Waals surface area contributed by atoms with Gasteiger partial charge in [-0.3, -0.25) is 0 Å². The third kappa shape index (κ3) is 6.00. The monoisotopic (exact) mass is 449 g/mol. The van der Waals surface area contributed by atoms with Gasteiger partial charge < -0.3 is 15.5 Å². The number of aryl methyl sites for hydroxylation is 1. The summed E-state index contributed by atoms with van der Waals surface area (Å²) in [6.45, 7) is 4.65. The van der Waals surface area contributed by atoms with E-state index in [1.54, 1.807) is 0 Å². The Balaban J connectivity index is 2.04. The van der Waals surface area contributed by atoms with Gasteiger partial charge >= 0.3 is 15.5 Å². The number of anilines is 1. The molecule has 11 heteroatoms. The zero-order chi connectivity index (χ0) is 22.5. The first kappa shape index (κ1) is 24.3. The number of nitrogens with zero attached hydrogens (tertiary/aromatic N) is 3. The van der Waals surface area contributed by atoms with E-state index in [0.717, 1.165) is 16.8 Å². The molecule has 1 fully saturated rings. The van der Waals surface area contributed by atoms with Crippen molar-refractivity contribution in [2.45, 2.75) is 44.8 Å². The highest BCUT2D eigenvalue weighted by atomic mass is 32.2. The van der Waals surface area contributed by atoms with Crippen molar-refractivity contribution >= 4 is 21.7 Å². The molecule has 0 aliphatic carbocycles. The van der Waals surface area contributed by atoms with E-state index in [2.05, 4.69) is 21.7 Å². The second kappa shape index (κ2) is 9.86. The standard InChI is InChI=1S/C19H30F3N5O2S/c1-5-23-18(24-13-15-7-6-14(2)12-17(15)26(3)4)25-16-8-10-27(11-9-16)30(28,29)19(20,21)22/h6-7,12,16H,5,8-11,13H2,1-4H3,(H2,23,24,25). The second-order valence-electron chi connectivity index (χ2n) is 7.49. The molecule has 170 valence electrons. The highest BCUT2D eigenvalue weighted by Gasteiger charge is 2.50. The molecule has 1 heterocycles. The average Bonchev–Trinajstić information content (AvgIpc) is 2.66. The maximum Gasteiger partial charge on any atom is 0.511 e. The Hall–Kier alpha value is -2.01. The van der Waals surface area contributed by atoms with Crippen LogP contribution in [0.3, 0.4) is 0 Å². The topological polar surface area (TPSA) is 77.0 Å². The van der Waals surface area contributed by atoms with Gasteiger partial charge in [0.2, 0.25) is 0 Å². The number of sulfonamides is 1. The van der Waals surface area contributed by atoms with Crippen LogP contribution in [0.25, 0.3) is 0 Å². The number of guanidine groups is 1. The van der Waals surface area contributed by atoms with Crippen LogP contribution in [0.2, 0.25) is 0 Å². The van der Waals surface area contributed by atoms with Crippen molar-refractivity contribution in [3.8, 4) is 0 Å². The van der Waals surface area contributed by atoms with Crippen molar-refractivity contribution in [2.24, 2.45) is 4.99 Å². The lowest BCUT2D eigenvalue weighted by atomic mass is 10.1. The summed E-state index contributed by atoms with van der Waals surface area (Å²) >= 11 is 0. The summed E-state index contributed by atoms with van der Waals surface area (Å²) in [4.78, 5) is 6.64. The van der Waals surface area contributed by atoms with Crippen LogP contribution < -0.4 is 15.5 Å². The van der Waals surface area contributed by atoms with Gasteiger partial charge in [0, 0.05) is 45.5 Å². The van der Waals surface area contributed by atoms with Crippen molar-refractivity contribution in [1.82, 2.24) is 14.9 Å². The first-order chi connectivity index (χ1) is 14.0. The lowest BCUT2D eigenvalue weighted by Crippen LogP contribution is -2.51.